The second-order valence-corrected chi connectivity index (χ2v) is 11.1. The Hall–Kier alpha value is -1.48. The van der Waals surface area contributed by atoms with Crippen molar-refractivity contribution in [3.8, 4) is 0 Å². The van der Waals surface area contributed by atoms with Crippen molar-refractivity contribution in [3.05, 3.63) is 63.0 Å². The number of hydrogen-bond acceptors (Lipinski definition) is 4. The summed E-state index contributed by atoms with van der Waals surface area (Å²) in [4.78, 5) is 12.7. The third-order valence-electron chi connectivity index (χ3n) is 6.35. The van der Waals surface area contributed by atoms with Gasteiger partial charge in [0.2, 0.25) is 0 Å². The van der Waals surface area contributed by atoms with Gasteiger partial charge in [-0.2, -0.15) is 0 Å². The minimum absolute atomic E-state index is 0.0970. The lowest BCUT2D eigenvalue weighted by Crippen LogP contribution is -2.45. The molecule has 0 aromatic heterocycles. The molecule has 0 N–H and O–H groups in total. The molecule has 0 unspecified atom stereocenters. The molecular weight excluding hydrogens is 506 g/mol. The number of aryl methyl sites for hydroxylation is 1. The van der Waals surface area contributed by atoms with Crippen molar-refractivity contribution in [2.75, 3.05) is 6.61 Å². The molecule has 0 spiro atoms. The summed E-state index contributed by atoms with van der Waals surface area (Å²) in [5.41, 5.74) is 1.80. The topological polar surface area (TPSA) is 60.4 Å². The second kappa shape index (κ2) is 7.65. The van der Waals surface area contributed by atoms with Crippen LogP contribution in [0.3, 0.4) is 0 Å². The van der Waals surface area contributed by atoms with Crippen LogP contribution >= 0.6 is 22.6 Å². The summed E-state index contributed by atoms with van der Waals surface area (Å²) in [6.07, 6.45) is 2.16. The van der Waals surface area contributed by atoms with Crippen molar-refractivity contribution in [2.45, 2.75) is 42.2 Å². The summed E-state index contributed by atoms with van der Waals surface area (Å²) in [5.74, 6) is -1.60. The van der Waals surface area contributed by atoms with Crippen LogP contribution in [0, 0.1) is 21.2 Å². The van der Waals surface area contributed by atoms with Gasteiger partial charge in [0.1, 0.15) is 10.6 Å². The van der Waals surface area contributed by atoms with Crippen molar-refractivity contribution >= 4 is 38.4 Å². The smallest absolute Gasteiger partial charge is 0.309 e. The summed E-state index contributed by atoms with van der Waals surface area (Å²) in [5, 5.41) is 0. The van der Waals surface area contributed by atoms with Crippen LogP contribution in [0.2, 0.25) is 0 Å². The summed E-state index contributed by atoms with van der Waals surface area (Å²) >= 11 is 2.23. The number of carbonyl (C=O) groups is 1. The molecule has 0 aliphatic heterocycles. The number of rotatable bonds is 4. The fraction of sp³-hybridized carbons (Fsp3) is 0.409. The highest BCUT2D eigenvalue weighted by atomic mass is 127. The van der Waals surface area contributed by atoms with Gasteiger partial charge in [-0.1, -0.05) is 6.07 Å². The van der Waals surface area contributed by atoms with Crippen LogP contribution in [0.1, 0.15) is 37.3 Å². The van der Waals surface area contributed by atoms with Crippen LogP contribution in [-0.4, -0.2) is 21.0 Å². The zero-order chi connectivity index (χ0) is 20.8. The molecule has 1 fully saturated rings. The van der Waals surface area contributed by atoms with Crippen LogP contribution in [0.5, 0.6) is 0 Å². The SMILES string of the molecule is CCOC(=O)[C@@H]1CC[C@]2(S(=O)(=O)c3ccc(F)cc3)c3ccc(I)cc3CC[C@H]12. The Bertz CT molecular complexity index is 1050. The Morgan fingerprint density at radius 3 is 2.62 bits per heavy atom. The lowest BCUT2D eigenvalue weighted by molar-refractivity contribution is -0.149. The molecule has 7 heteroatoms. The summed E-state index contributed by atoms with van der Waals surface area (Å²) in [7, 11) is -3.86. The lowest BCUT2D eigenvalue weighted by Gasteiger charge is -2.42. The minimum atomic E-state index is -3.86. The van der Waals surface area contributed by atoms with E-state index >= 15 is 0 Å². The molecule has 0 radical (unpaired) electrons. The fourth-order valence-electron chi connectivity index (χ4n) is 5.18. The highest BCUT2D eigenvalue weighted by molar-refractivity contribution is 14.1. The average molecular weight is 528 g/mol. The van der Waals surface area contributed by atoms with E-state index in [4.69, 9.17) is 4.74 Å². The molecule has 0 heterocycles. The number of sulfone groups is 1. The molecule has 2 aliphatic rings. The largest absolute Gasteiger partial charge is 0.466 e. The molecule has 2 aromatic carbocycles. The van der Waals surface area contributed by atoms with E-state index in [0.29, 0.717) is 19.3 Å². The van der Waals surface area contributed by atoms with Crippen LogP contribution in [0.15, 0.2) is 47.4 Å². The molecule has 1 saturated carbocycles. The summed E-state index contributed by atoms with van der Waals surface area (Å²) < 4.78 is 46.6. The third kappa shape index (κ3) is 3.21. The van der Waals surface area contributed by atoms with E-state index in [1.807, 2.05) is 18.2 Å². The van der Waals surface area contributed by atoms with Gasteiger partial charge in [-0.3, -0.25) is 4.79 Å². The van der Waals surface area contributed by atoms with Crippen molar-refractivity contribution in [1.29, 1.82) is 0 Å². The number of carbonyl (C=O) groups excluding carboxylic acids is 1. The molecule has 0 bridgehead atoms. The highest BCUT2D eigenvalue weighted by Crippen LogP contribution is 2.59. The normalized spacial score (nSPS) is 25.9. The second-order valence-electron chi connectivity index (χ2n) is 7.69. The maximum absolute atomic E-state index is 14.0. The Labute approximate surface area is 183 Å². The zero-order valence-corrected chi connectivity index (χ0v) is 19.0. The van der Waals surface area contributed by atoms with E-state index in [0.717, 1.165) is 21.1 Å². The van der Waals surface area contributed by atoms with E-state index < -0.39 is 26.3 Å². The average Bonchev–Trinajstić information content (AvgIpc) is 3.10. The van der Waals surface area contributed by atoms with Crippen LogP contribution in [0.4, 0.5) is 4.39 Å². The van der Waals surface area contributed by atoms with Gasteiger partial charge >= 0.3 is 5.97 Å². The summed E-state index contributed by atoms with van der Waals surface area (Å²) in [6, 6.07) is 10.9. The van der Waals surface area contributed by atoms with E-state index in [9.17, 15) is 17.6 Å². The predicted molar refractivity (Wildman–Crippen MR) is 116 cm³/mol. The molecule has 4 rings (SSSR count). The van der Waals surface area contributed by atoms with Gasteiger partial charge in [0.25, 0.3) is 0 Å². The Balaban J connectivity index is 1.92. The molecule has 3 atom stereocenters. The quantitative estimate of drug-likeness (QED) is 0.330. The maximum atomic E-state index is 14.0. The van der Waals surface area contributed by atoms with E-state index in [2.05, 4.69) is 22.6 Å². The molecule has 2 aromatic rings. The number of ether oxygens (including phenoxy) is 1. The zero-order valence-electron chi connectivity index (χ0n) is 16.0. The van der Waals surface area contributed by atoms with E-state index in [-0.39, 0.29) is 23.4 Å². The van der Waals surface area contributed by atoms with Crippen molar-refractivity contribution < 1.29 is 22.3 Å². The predicted octanol–water partition coefficient (Wildman–Crippen LogP) is 4.64. The number of halogens is 2. The molecule has 2 aliphatic carbocycles. The fourth-order valence-corrected chi connectivity index (χ4v) is 8.20. The molecule has 154 valence electrons. The minimum Gasteiger partial charge on any atom is -0.466 e. The van der Waals surface area contributed by atoms with E-state index in [1.165, 1.54) is 24.3 Å². The van der Waals surface area contributed by atoms with Crippen LogP contribution in [-0.2, 0) is 30.5 Å². The van der Waals surface area contributed by atoms with Crippen LogP contribution < -0.4 is 0 Å². The highest BCUT2D eigenvalue weighted by Gasteiger charge is 2.61. The first-order chi connectivity index (χ1) is 13.8. The molecule has 4 nitrogen and oxygen atoms in total. The molecule has 0 amide bonds. The Kier molecular flexibility index (Phi) is 5.48. The lowest BCUT2D eigenvalue weighted by atomic mass is 9.73. The Morgan fingerprint density at radius 2 is 1.93 bits per heavy atom. The van der Waals surface area contributed by atoms with E-state index in [1.54, 1.807) is 6.92 Å². The molecule has 0 saturated heterocycles. The number of esters is 1. The number of hydrogen-bond donors (Lipinski definition) is 0. The van der Waals surface area contributed by atoms with Gasteiger partial charge in [0.05, 0.1) is 17.4 Å². The standard InChI is InChI=1S/C22H22FIO4S/c1-2-28-21(25)18-11-12-22(29(26,27)17-7-4-15(23)5-8-17)19-10-6-16(24)13-14(19)3-9-20(18)22/h4-8,10,13,18,20H,2-3,9,11-12H2,1H3/t18-,20-,22+/m1/s1. The van der Waals surface area contributed by atoms with Crippen molar-refractivity contribution in [1.82, 2.24) is 0 Å². The van der Waals surface area contributed by atoms with Crippen molar-refractivity contribution in [3.63, 3.8) is 0 Å². The Morgan fingerprint density at radius 1 is 1.21 bits per heavy atom. The van der Waals surface area contributed by atoms with Gasteiger partial charge < -0.3 is 4.74 Å². The molecule has 29 heavy (non-hydrogen) atoms. The monoisotopic (exact) mass is 528 g/mol. The van der Waals surface area contributed by atoms with Gasteiger partial charge in [-0.15, -0.1) is 0 Å². The van der Waals surface area contributed by atoms with Crippen LogP contribution in [0.25, 0.3) is 0 Å². The van der Waals surface area contributed by atoms with Gasteiger partial charge in [0, 0.05) is 3.57 Å². The van der Waals surface area contributed by atoms with Gasteiger partial charge in [-0.25, -0.2) is 12.8 Å². The first-order valence-corrected chi connectivity index (χ1v) is 12.3. The first-order valence-electron chi connectivity index (χ1n) is 9.77. The maximum Gasteiger partial charge on any atom is 0.309 e. The summed E-state index contributed by atoms with van der Waals surface area (Å²) in [6.45, 7) is 2.03. The van der Waals surface area contributed by atoms with Gasteiger partial charge in [0.15, 0.2) is 9.84 Å². The third-order valence-corrected chi connectivity index (χ3v) is 9.60. The van der Waals surface area contributed by atoms with Crippen molar-refractivity contribution in [2.24, 2.45) is 11.8 Å². The number of fused-ring (bicyclic) bond motifs is 3. The first kappa shape index (κ1) is 20.8. The molecular formula is C22H22FIO4S. The number of benzene rings is 2. The van der Waals surface area contributed by atoms with Gasteiger partial charge in [-0.05, 0) is 109 Å².